The molecular formula is C20H18ClN3O4S2. The number of benzene rings is 1. The zero-order valence-corrected chi connectivity index (χ0v) is 18.0. The first-order valence-electron chi connectivity index (χ1n) is 8.86. The first-order chi connectivity index (χ1) is 14.4. The number of carbonyl (C=O) groups is 2. The van der Waals surface area contributed by atoms with Gasteiger partial charge >= 0.3 is 11.8 Å². The first-order valence-corrected chi connectivity index (χ1v) is 11.7. The van der Waals surface area contributed by atoms with E-state index < -0.39 is 26.9 Å². The van der Waals surface area contributed by atoms with Gasteiger partial charge in [0.1, 0.15) is 5.25 Å². The second-order valence-corrected chi connectivity index (χ2v) is 9.76. The molecule has 7 nitrogen and oxygen atoms in total. The topological polar surface area (TPSA) is 105 Å². The summed E-state index contributed by atoms with van der Waals surface area (Å²) in [5.41, 5.74) is 0.598. The molecule has 10 heteroatoms. The molecule has 0 saturated carbocycles. The predicted octanol–water partition coefficient (Wildman–Crippen LogP) is 2.74. The third-order valence-corrected chi connectivity index (χ3v) is 7.67. The van der Waals surface area contributed by atoms with Crippen molar-refractivity contribution in [2.45, 2.75) is 16.7 Å². The Hall–Kier alpha value is -2.75. The van der Waals surface area contributed by atoms with Crippen LogP contribution < -0.4 is 10.6 Å². The van der Waals surface area contributed by atoms with Crippen molar-refractivity contribution in [1.82, 2.24) is 15.6 Å². The molecule has 2 N–H and O–H groups in total. The maximum absolute atomic E-state index is 13.1. The van der Waals surface area contributed by atoms with Crippen molar-refractivity contribution in [3.05, 3.63) is 81.8 Å². The molecular weight excluding hydrogens is 446 g/mol. The van der Waals surface area contributed by atoms with E-state index in [1.165, 1.54) is 35.6 Å². The molecule has 0 fully saturated rings. The number of rotatable bonds is 7. The van der Waals surface area contributed by atoms with Crippen LogP contribution >= 0.6 is 22.9 Å². The molecule has 30 heavy (non-hydrogen) atoms. The summed E-state index contributed by atoms with van der Waals surface area (Å²) < 4.78 is 26.3. The molecule has 0 radical (unpaired) electrons. The Bertz CT molecular complexity index is 1100. The molecule has 1 aromatic carbocycles. The van der Waals surface area contributed by atoms with Crippen molar-refractivity contribution in [2.75, 3.05) is 6.54 Å². The Morgan fingerprint density at radius 1 is 1.00 bits per heavy atom. The van der Waals surface area contributed by atoms with Gasteiger partial charge in [-0.25, -0.2) is 8.42 Å². The number of hydrogen-bond donors (Lipinski definition) is 2. The van der Waals surface area contributed by atoms with E-state index in [4.69, 9.17) is 11.6 Å². The molecule has 1 atom stereocenters. The van der Waals surface area contributed by atoms with Gasteiger partial charge in [0.2, 0.25) is 0 Å². The van der Waals surface area contributed by atoms with E-state index in [1.54, 1.807) is 41.9 Å². The molecule has 0 unspecified atom stereocenters. The molecule has 3 aromatic rings. The van der Waals surface area contributed by atoms with E-state index in [9.17, 15) is 18.0 Å². The molecule has 2 aromatic heterocycles. The molecule has 2 amide bonds. The zero-order valence-electron chi connectivity index (χ0n) is 15.6. The summed E-state index contributed by atoms with van der Waals surface area (Å²) in [5.74, 6) is -1.78. The van der Waals surface area contributed by atoms with Gasteiger partial charge in [0, 0.05) is 22.6 Å². The predicted molar refractivity (Wildman–Crippen MR) is 115 cm³/mol. The lowest BCUT2D eigenvalue weighted by molar-refractivity contribution is -0.139. The van der Waals surface area contributed by atoms with Gasteiger partial charge in [-0.3, -0.25) is 14.6 Å². The number of nitrogens with zero attached hydrogens (tertiary/aromatic N) is 1. The standard InChI is InChI=1S/C20H18ClN3O4S2/c21-14-6-8-16(9-7-14)30(27,28)18(17-5-3-11-29-17)13-24-20(26)19(25)23-12-15-4-1-2-10-22-15/h1-11,18H,12-13H2,(H,23,25)(H,24,26)/t18-/m1/s1. The summed E-state index contributed by atoms with van der Waals surface area (Å²) >= 11 is 7.11. The maximum Gasteiger partial charge on any atom is 0.309 e. The molecule has 0 spiro atoms. The third-order valence-electron chi connectivity index (χ3n) is 4.19. The van der Waals surface area contributed by atoms with Crippen LogP contribution in [0.15, 0.2) is 71.1 Å². The van der Waals surface area contributed by atoms with Crippen LogP contribution in [0.25, 0.3) is 0 Å². The van der Waals surface area contributed by atoms with E-state index in [-0.39, 0.29) is 18.0 Å². The quantitative estimate of drug-likeness (QED) is 0.524. The van der Waals surface area contributed by atoms with Gasteiger partial charge in [0.05, 0.1) is 17.1 Å². The van der Waals surface area contributed by atoms with Crippen LogP contribution in [0.3, 0.4) is 0 Å². The van der Waals surface area contributed by atoms with Crippen molar-refractivity contribution < 1.29 is 18.0 Å². The lowest BCUT2D eigenvalue weighted by Crippen LogP contribution is -2.42. The number of thiophene rings is 1. The highest BCUT2D eigenvalue weighted by Gasteiger charge is 2.31. The van der Waals surface area contributed by atoms with E-state index in [0.717, 1.165) is 0 Å². The third kappa shape index (κ3) is 5.44. The summed E-state index contributed by atoms with van der Waals surface area (Å²) in [6, 6.07) is 14.4. The molecule has 0 aliphatic carbocycles. The minimum absolute atomic E-state index is 0.0825. The highest BCUT2D eigenvalue weighted by Crippen LogP contribution is 2.31. The van der Waals surface area contributed by atoms with Crippen LogP contribution in [0.5, 0.6) is 0 Å². The van der Waals surface area contributed by atoms with Crippen molar-refractivity contribution in [3.8, 4) is 0 Å². The number of halogens is 1. The van der Waals surface area contributed by atoms with Crippen LogP contribution in [0.4, 0.5) is 0 Å². The molecule has 156 valence electrons. The van der Waals surface area contributed by atoms with Crippen LogP contribution in [-0.2, 0) is 26.0 Å². The number of nitrogens with one attached hydrogen (secondary N) is 2. The number of amides is 2. The molecule has 0 aliphatic heterocycles. The Labute approximate surface area is 183 Å². The Balaban J connectivity index is 1.69. The van der Waals surface area contributed by atoms with E-state index >= 15 is 0 Å². The number of carbonyl (C=O) groups excluding carboxylic acids is 2. The summed E-state index contributed by atoms with van der Waals surface area (Å²) in [4.78, 5) is 28.9. The van der Waals surface area contributed by atoms with E-state index in [1.807, 2.05) is 0 Å². The van der Waals surface area contributed by atoms with Gasteiger partial charge < -0.3 is 10.6 Å². The average Bonchev–Trinajstić information content (AvgIpc) is 3.27. The highest BCUT2D eigenvalue weighted by molar-refractivity contribution is 7.91. The molecule has 2 heterocycles. The van der Waals surface area contributed by atoms with E-state index in [0.29, 0.717) is 15.6 Å². The monoisotopic (exact) mass is 463 g/mol. The lowest BCUT2D eigenvalue weighted by Gasteiger charge is -2.17. The van der Waals surface area contributed by atoms with Crippen LogP contribution in [0, 0.1) is 0 Å². The van der Waals surface area contributed by atoms with Crippen molar-refractivity contribution in [1.29, 1.82) is 0 Å². The minimum Gasteiger partial charge on any atom is -0.346 e. The van der Waals surface area contributed by atoms with Crippen LogP contribution in [-0.4, -0.2) is 31.8 Å². The highest BCUT2D eigenvalue weighted by atomic mass is 35.5. The number of pyridine rings is 1. The smallest absolute Gasteiger partial charge is 0.309 e. The van der Waals surface area contributed by atoms with Crippen LogP contribution in [0.1, 0.15) is 15.8 Å². The number of hydrogen-bond acceptors (Lipinski definition) is 6. The average molecular weight is 464 g/mol. The van der Waals surface area contributed by atoms with Gasteiger partial charge in [-0.05, 0) is 47.8 Å². The van der Waals surface area contributed by atoms with Crippen molar-refractivity contribution >= 4 is 44.6 Å². The van der Waals surface area contributed by atoms with Gasteiger partial charge in [-0.2, -0.15) is 0 Å². The van der Waals surface area contributed by atoms with Gasteiger partial charge in [0.25, 0.3) is 0 Å². The van der Waals surface area contributed by atoms with E-state index in [2.05, 4.69) is 15.6 Å². The Morgan fingerprint density at radius 3 is 2.37 bits per heavy atom. The molecule has 0 saturated heterocycles. The first kappa shape index (κ1) is 21.9. The second-order valence-electron chi connectivity index (χ2n) is 6.22. The van der Waals surface area contributed by atoms with Gasteiger partial charge in [-0.15, -0.1) is 11.3 Å². The molecule has 0 aliphatic rings. The fourth-order valence-corrected chi connectivity index (χ4v) is 5.56. The van der Waals surface area contributed by atoms with Crippen LogP contribution in [0.2, 0.25) is 5.02 Å². The van der Waals surface area contributed by atoms with Gasteiger partial charge in [0.15, 0.2) is 9.84 Å². The summed E-state index contributed by atoms with van der Waals surface area (Å²) in [5, 5.41) is 6.01. The fraction of sp³-hybridized carbons (Fsp3) is 0.150. The summed E-state index contributed by atoms with van der Waals surface area (Å²) in [7, 11) is -3.82. The van der Waals surface area contributed by atoms with Crippen molar-refractivity contribution in [2.24, 2.45) is 0 Å². The normalized spacial score (nSPS) is 12.2. The SMILES string of the molecule is O=C(NCc1ccccn1)C(=O)NC[C@H](c1cccs1)S(=O)(=O)c1ccc(Cl)cc1. The molecule has 3 rings (SSSR count). The van der Waals surface area contributed by atoms with Gasteiger partial charge in [-0.1, -0.05) is 23.7 Å². The second kappa shape index (κ2) is 9.84. The van der Waals surface area contributed by atoms with Crippen molar-refractivity contribution in [3.63, 3.8) is 0 Å². The lowest BCUT2D eigenvalue weighted by atomic mass is 10.3. The summed E-state index contributed by atoms with van der Waals surface area (Å²) in [6.07, 6.45) is 1.58. The summed E-state index contributed by atoms with van der Waals surface area (Å²) in [6.45, 7) is -0.161. The maximum atomic E-state index is 13.1. The number of sulfone groups is 1. The molecule has 0 bridgehead atoms. The fourth-order valence-electron chi connectivity index (χ4n) is 2.65. The minimum atomic E-state index is -3.82. The largest absolute Gasteiger partial charge is 0.346 e. The Morgan fingerprint density at radius 2 is 1.73 bits per heavy atom. The Kier molecular flexibility index (Phi) is 7.20. The zero-order chi connectivity index (χ0) is 21.6. The number of aromatic nitrogens is 1.